The molecule has 1 aliphatic heterocycles. The third-order valence-corrected chi connectivity index (χ3v) is 5.21. The van der Waals surface area contributed by atoms with Crippen molar-refractivity contribution in [2.24, 2.45) is 5.73 Å². The molecule has 1 heterocycles. The lowest BCUT2D eigenvalue weighted by Crippen LogP contribution is -2.55. The van der Waals surface area contributed by atoms with Gasteiger partial charge >= 0.3 is 0 Å². The van der Waals surface area contributed by atoms with E-state index in [1.54, 1.807) is 0 Å². The number of benzene rings is 1. The number of nitrogens with zero attached hydrogens (tertiary/aromatic N) is 1. The summed E-state index contributed by atoms with van der Waals surface area (Å²) in [4.78, 5) is 2.66. The fourth-order valence-electron chi connectivity index (χ4n) is 4.30. The Bertz CT molecular complexity index is 476. The van der Waals surface area contributed by atoms with E-state index in [9.17, 15) is 0 Å². The number of rotatable bonds is 1. The van der Waals surface area contributed by atoms with Crippen LogP contribution in [0, 0.1) is 0 Å². The molecule has 19 heavy (non-hydrogen) atoms. The van der Waals surface area contributed by atoms with Crippen LogP contribution in [0.4, 0.5) is 0 Å². The molecule has 0 bridgehead atoms. The van der Waals surface area contributed by atoms with Gasteiger partial charge in [0.2, 0.25) is 0 Å². The maximum Gasteiger partial charge on any atom is 0.0731 e. The highest BCUT2D eigenvalue weighted by molar-refractivity contribution is 5.37. The average molecular weight is 258 g/mol. The molecule has 0 aromatic heterocycles. The van der Waals surface area contributed by atoms with E-state index in [1.165, 1.54) is 30.4 Å². The molecule has 3 nitrogen and oxygen atoms in total. The molecule has 1 aromatic carbocycles. The Kier molecular flexibility index (Phi) is 2.87. The Morgan fingerprint density at radius 3 is 2.95 bits per heavy atom. The van der Waals surface area contributed by atoms with Crippen LogP contribution in [0.2, 0.25) is 0 Å². The van der Waals surface area contributed by atoms with Crippen LogP contribution in [-0.2, 0) is 11.2 Å². The Balaban J connectivity index is 1.60. The minimum atomic E-state index is 0.176. The van der Waals surface area contributed by atoms with Crippen molar-refractivity contribution in [2.45, 2.75) is 49.9 Å². The molecule has 2 N–H and O–H groups in total. The van der Waals surface area contributed by atoms with E-state index in [0.717, 1.165) is 19.6 Å². The van der Waals surface area contributed by atoms with Crippen LogP contribution < -0.4 is 5.73 Å². The quantitative estimate of drug-likeness (QED) is 0.835. The van der Waals surface area contributed by atoms with Crippen LogP contribution in [0.15, 0.2) is 24.3 Å². The second-order valence-corrected chi connectivity index (χ2v) is 6.14. The molecular formula is C16H22N2O. The van der Waals surface area contributed by atoms with Gasteiger partial charge in [-0.2, -0.15) is 0 Å². The normalized spacial score (nSPS) is 38.2. The summed E-state index contributed by atoms with van der Waals surface area (Å²) in [7, 11) is 0. The highest BCUT2D eigenvalue weighted by atomic mass is 16.5. The van der Waals surface area contributed by atoms with Gasteiger partial charge in [0.1, 0.15) is 0 Å². The molecule has 2 aliphatic carbocycles. The summed E-state index contributed by atoms with van der Waals surface area (Å²) in [6.07, 6.45) is 5.39. The predicted octanol–water partition coefficient (Wildman–Crippen LogP) is 1.86. The lowest BCUT2D eigenvalue weighted by molar-refractivity contribution is -0.0736. The molecule has 0 radical (unpaired) electrons. The molecule has 4 rings (SSSR count). The molecular weight excluding hydrogens is 236 g/mol. The van der Waals surface area contributed by atoms with Gasteiger partial charge in [0.15, 0.2) is 0 Å². The smallest absolute Gasteiger partial charge is 0.0731 e. The van der Waals surface area contributed by atoms with Crippen molar-refractivity contribution in [2.75, 3.05) is 13.2 Å². The zero-order valence-electron chi connectivity index (χ0n) is 11.3. The lowest BCUT2D eigenvalue weighted by Gasteiger charge is -2.42. The Morgan fingerprint density at radius 2 is 2.05 bits per heavy atom. The van der Waals surface area contributed by atoms with Crippen LogP contribution in [0.1, 0.15) is 36.4 Å². The molecule has 3 aliphatic rings. The van der Waals surface area contributed by atoms with Gasteiger partial charge in [-0.15, -0.1) is 0 Å². The monoisotopic (exact) mass is 258 g/mol. The van der Waals surface area contributed by atoms with Crippen molar-refractivity contribution in [3.63, 3.8) is 0 Å². The van der Waals surface area contributed by atoms with Crippen LogP contribution in [-0.4, -0.2) is 36.2 Å². The summed E-state index contributed by atoms with van der Waals surface area (Å²) >= 11 is 0. The number of fused-ring (bicyclic) bond motifs is 2. The number of nitrogens with two attached hydrogens (primary N) is 1. The van der Waals surface area contributed by atoms with E-state index in [4.69, 9.17) is 10.5 Å². The molecule has 3 heteroatoms. The van der Waals surface area contributed by atoms with E-state index in [2.05, 4.69) is 29.2 Å². The summed E-state index contributed by atoms with van der Waals surface area (Å²) in [5.41, 5.74) is 9.32. The second kappa shape index (κ2) is 4.58. The molecule has 0 spiro atoms. The van der Waals surface area contributed by atoms with Gasteiger partial charge in [0.05, 0.1) is 12.7 Å². The molecule has 1 aromatic rings. The molecule has 0 amide bonds. The molecule has 1 saturated carbocycles. The molecule has 4 unspecified atom stereocenters. The first-order chi connectivity index (χ1) is 9.34. The van der Waals surface area contributed by atoms with Crippen LogP contribution in [0.3, 0.4) is 0 Å². The molecule has 4 atom stereocenters. The van der Waals surface area contributed by atoms with Crippen LogP contribution in [0.25, 0.3) is 0 Å². The van der Waals surface area contributed by atoms with Gasteiger partial charge in [-0.25, -0.2) is 0 Å². The highest BCUT2D eigenvalue weighted by Crippen LogP contribution is 2.38. The van der Waals surface area contributed by atoms with Crippen LogP contribution in [0.5, 0.6) is 0 Å². The third kappa shape index (κ3) is 1.83. The van der Waals surface area contributed by atoms with Gasteiger partial charge < -0.3 is 10.5 Å². The largest absolute Gasteiger partial charge is 0.375 e. The fraction of sp³-hybridized carbons (Fsp3) is 0.625. The van der Waals surface area contributed by atoms with Crippen LogP contribution >= 0.6 is 0 Å². The number of ether oxygens (including phenoxy) is 1. The van der Waals surface area contributed by atoms with Gasteiger partial charge in [-0.05, 0) is 36.8 Å². The lowest BCUT2D eigenvalue weighted by atomic mass is 10.0. The van der Waals surface area contributed by atoms with E-state index < -0.39 is 0 Å². The molecule has 1 saturated heterocycles. The highest BCUT2D eigenvalue weighted by Gasteiger charge is 2.43. The zero-order chi connectivity index (χ0) is 12.8. The first-order valence-electron chi connectivity index (χ1n) is 7.55. The summed E-state index contributed by atoms with van der Waals surface area (Å²) in [6, 6.07) is 9.94. The predicted molar refractivity (Wildman–Crippen MR) is 74.9 cm³/mol. The molecule has 2 fully saturated rings. The third-order valence-electron chi connectivity index (χ3n) is 5.21. The average Bonchev–Trinajstić information content (AvgIpc) is 3.04. The SMILES string of the molecule is NC1c2ccccc2CC1N1CCOC2CCCC21. The standard InChI is InChI=1S/C16H22N2O/c17-16-12-5-2-1-4-11(12)10-14(16)18-8-9-19-15-7-3-6-13(15)18/h1-2,4-5,13-16H,3,6-10,17H2. The Hall–Kier alpha value is -0.900. The topological polar surface area (TPSA) is 38.5 Å². The number of morpholine rings is 1. The van der Waals surface area contributed by atoms with E-state index in [-0.39, 0.29) is 6.04 Å². The minimum Gasteiger partial charge on any atom is -0.375 e. The maximum absolute atomic E-state index is 6.52. The van der Waals surface area contributed by atoms with E-state index in [0.29, 0.717) is 18.2 Å². The van der Waals surface area contributed by atoms with Gasteiger partial charge in [0.25, 0.3) is 0 Å². The summed E-state index contributed by atoms with van der Waals surface area (Å²) in [5, 5.41) is 0. The van der Waals surface area contributed by atoms with Gasteiger partial charge in [-0.1, -0.05) is 24.3 Å². The van der Waals surface area contributed by atoms with Crippen molar-refractivity contribution in [3.05, 3.63) is 35.4 Å². The van der Waals surface area contributed by atoms with Gasteiger partial charge in [0, 0.05) is 24.7 Å². The zero-order valence-corrected chi connectivity index (χ0v) is 11.3. The van der Waals surface area contributed by atoms with E-state index >= 15 is 0 Å². The maximum atomic E-state index is 6.52. The van der Waals surface area contributed by atoms with E-state index in [1.807, 2.05) is 0 Å². The van der Waals surface area contributed by atoms with Crippen molar-refractivity contribution in [3.8, 4) is 0 Å². The first kappa shape index (κ1) is 11.9. The van der Waals surface area contributed by atoms with Crippen molar-refractivity contribution in [1.82, 2.24) is 4.90 Å². The van der Waals surface area contributed by atoms with Gasteiger partial charge in [-0.3, -0.25) is 4.90 Å². The Morgan fingerprint density at radius 1 is 1.16 bits per heavy atom. The number of hydrogen-bond donors (Lipinski definition) is 1. The summed E-state index contributed by atoms with van der Waals surface area (Å²) in [5.74, 6) is 0. The minimum absolute atomic E-state index is 0.176. The first-order valence-corrected chi connectivity index (χ1v) is 7.55. The summed E-state index contributed by atoms with van der Waals surface area (Å²) < 4.78 is 5.92. The number of hydrogen-bond acceptors (Lipinski definition) is 3. The van der Waals surface area contributed by atoms with Crippen molar-refractivity contribution in [1.29, 1.82) is 0 Å². The molecule has 102 valence electrons. The van der Waals surface area contributed by atoms with Crippen molar-refractivity contribution < 1.29 is 4.74 Å². The second-order valence-electron chi connectivity index (χ2n) is 6.14. The fourth-order valence-corrected chi connectivity index (χ4v) is 4.30. The Labute approximate surface area is 114 Å². The van der Waals surface area contributed by atoms with Crippen molar-refractivity contribution >= 4 is 0 Å². The summed E-state index contributed by atoms with van der Waals surface area (Å²) in [6.45, 7) is 1.92.